The number of esters is 1. The van der Waals surface area contributed by atoms with Crippen molar-refractivity contribution >= 4 is 11.9 Å². The summed E-state index contributed by atoms with van der Waals surface area (Å²) >= 11 is 0. The maximum Gasteiger partial charge on any atom is 0.356 e. The number of amides is 1. The molecule has 0 aromatic carbocycles. The van der Waals surface area contributed by atoms with Gasteiger partial charge in [-0.05, 0) is 24.1 Å². The standard InChI is InChI=1S/C13H18N2O5/c1-8(16)14-6-4-11(17)12(18)9-3-5-15-10(7-9)13(19)20-2/h3,5,7,11-12,17-18H,4,6H2,1-2H3,(H,14,16). The van der Waals surface area contributed by atoms with Crippen molar-refractivity contribution < 1.29 is 24.5 Å². The minimum atomic E-state index is -1.17. The molecule has 0 radical (unpaired) electrons. The Morgan fingerprint density at radius 2 is 2.15 bits per heavy atom. The largest absolute Gasteiger partial charge is 0.464 e. The number of aliphatic hydroxyl groups is 2. The van der Waals surface area contributed by atoms with Gasteiger partial charge in [-0.1, -0.05) is 0 Å². The van der Waals surface area contributed by atoms with Crippen LogP contribution in [0.25, 0.3) is 0 Å². The average molecular weight is 282 g/mol. The zero-order valence-corrected chi connectivity index (χ0v) is 11.4. The molecular formula is C13H18N2O5. The zero-order valence-electron chi connectivity index (χ0n) is 11.4. The van der Waals surface area contributed by atoms with Gasteiger partial charge in [0.2, 0.25) is 5.91 Å². The summed E-state index contributed by atoms with van der Waals surface area (Å²) in [4.78, 5) is 25.8. The van der Waals surface area contributed by atoms with Gasteiger partial charge in [-0.15, -0.1) is 0 Å². The fourth-order valence-electron chi connectivity index (χ4n) is 1.62. The molecule has 0 aliphatic carbocycles. The Hall–Kier alpha value is -1.99. The molecule has 1 heterocycles. The van der Waals surface area contributed by atoms with E-state index in [-0.39, 0.29) is 24.6 Å². The van der Waals surface area contributed by atoms with Gasteiger partial charge in [0.05, 0.1) is 13.2 Å². The summed E-state index contributed by atoms with van der Waals surface area (Å²) in [5, 5.41) is 22.3. The van der Waals surface area contributed by atoms with E-state index in [1.54, 1.807) is 0 Å². The Morgan fingerprint density at radius 3 is 2.75 bits per heavy atom. The summed E-state index contributed by atoms with van der Waals surface area (Å²) in [6.07, 6.45) is -0.688. The van der Waals surface area contributed by atoms with Gasteiger partial charge in [-0.3, -0.25) is 4.79 Å². The Morgan fingerprint density at radius 1 is 1.45 bits per heavy atom. The second kappa shape index (κ2) is 7.56. The molecule has 1 aromatic heterocycles. The number of hydrogen-bond donors (Lipinski definition) is 3. The predicted octanol–water partition coefficient (Wildman–Crippen LogP) is -0.211. The normalized spacial score (nSPS) is 13.4. The lowest BCUT2D eigenvalue weighted by Gasteiger charge is -2.18. The molecule has 1 rings (SSSR count). The Balaban J connectivity index is 2.68. The van der Waals surface area contributed by atoms with Crippen molar-refractivity contribution in [1.29, 1.82) is 0 Å². The number of aliphatic hydroxyl groups excluding tert-OH is 2. The minimum absolute atomic E-state index is 0.0538. The molecule has 0 aliphatic heterocycles. The lowest BCUT2D eigenvalue weighted by Crippen LogP contribution is -2.27. The lowest BCUT2D eigenvalue weighted by molar-refractivity contribution is -0.119. The lowest BCUT2D eigenvalue weighted by atomic mass is 10.0. The highest BCUT2D eigenvalue weighted by Crippen LogP contribution is 2.19. The van der Waals surface area contributed by atoms with Crippen molar-refractivity contribution in [2.75, 3.05) is 13.7 Å². The van der Waals surface area contributed by atoms with Gasteiger partial charge in [0.1, 0.15) is 11.8 Å². The summed E-state index contributed by atoms with van der Waals surface area (Å²) < 4.78 is 4.53. The summed E-state index contributed by atoms with van der Waals surface area (Å²) in [6, 6.07) is 2.86. The van der Waals surface area contributed by atoms with E-state index >= 15 is 0 Å². The fourth-order valence-corrected chi connectivity index (χ4v) is 1.62. The molecule has 0 bridgehead atoms. The molecule has 2 unspecified atom stereocenters. The second-order valence-corrected chi connectivity index (χ2v) is 4.25. The topological polar surface area (TPSA) is 109 Å². The molecule has 20 heavy (non-hydrogen) atoms. The predicted molar refractivity (Wildman–Crippen MR) is 69.8 cm³/mol. The highest BCUT2D eigenvalue weighted by Gasteiger charge is 2.20. The van der Waals surface area contributed by atoms with E-state index < -0.39 is 18.2 Å². The van der Waals surface area contributed by atoms with Crippen LogP contribution in [0.5, 0.6) is 0 Å². The molecular weight excluding hydrogens is 264 g/mol. The van der Waals surface area contributed by atoms with Gasteiger partial charge < -0.3 is 20.3 Å². The van der Waals surface area contributed by atoms with Crippen molar-refractivity contribution in [2.24, 2.45) is 0 Å². The summed E-state index contributed by atoms with van der Waals surface area (Å²) in [5.74, 6) is -0.824. The molecule has 2 atom stereocenters. The van der Waals surface area contributed by atoms with E-state index in [0.717, 1.165) is 0 Å². The van der Waals surface area contributed by atoms with Crippen LogP contribution in [0, 0.1) is 0 Å². The van der Waals surface area contributed by atoms with E-state index in [1.807, 2.05) is 0 Å². The highest BCUT2D eigenvalue weighted by atomic mass is 16.5. The maximum absolute atomic E-state index is 11.3. The summed E-state index contributed by atoms with van der Waals surface area (Å²) in [5.41, 5.74) is 0.411. The number of hydrogen-bond acceptors (Lipinski definition) is 6. The third-order valence-electron chi connectivity index (χ3n) is 2.70. The van der Waals surface area contributed by atoms with Crippen molar-refractivity contribution in [3.05, 3.63) is 29.6 Å². The third-order valence-corrected chi connectivity index (χ3v) is 2.70. The van der Waals surface area contributed by atoms with Gasteiger partial charge in [0.15, 0.2) is 0 Å². The second-order valence-electron chi connectivity index (χ2n) is 4.25. The molecule has 0 fully saturated rings. The Labute approximate surface area is 116 Å². The summed E-state index contributed by atoms with van der Waals surface area (Å²) in [7, 11) is 1.23. The van der Waals surface area contributed by atoms with E-state index in [2.05, 4.69) is 15.0 Å². The first-order valence-corrected chi connectivity index (χ1v) is 6.10. The number of ether oxygens (including phenoxy) is 1. The van der Waals surface area contributed by atoms with Crippen LogP contribution in [-0.4, -0.2) is 46.8 Å². The molecule has 1 amide bonds. The fraction of sp³-hybridized carbons (Fsp3) is 0.462. The summed E-state index contributed by atoms with van der Waals surface area (Å²) in [6.45, 7) is 1.62. The molecule has 1 aromatic rings. The third kappa shape index (κ3) is 4.60. The minimum Gasteiger partial charge on any atom is -0.464 e. The first kappa shape index (κ1) is 16.1. The molecule has 0 saturated heterocycles. The van der Waals surface area contributed by atoms with Crippen LogP contribution in [0.3, 0.4) is 0 Å². The molecule has 7 nitrogen and oxygen atoms in total. The number of methoxy groups -OCH3 is 1. The molecule has 0 aliphatic rings. The van der Waals surface area contributed by atoms with Crippen molar-refractivity contribution in [3.63, 3.8) is 0 Å². The van der Waals surface area contributed by atoms with Gasteiger partial charge in [-0.25, -0.2) is 9.78 Å². The molecule has 0 spiro atoms. The van der Waals surface area contributed by atoms with E-state index in [0.29, 0.717) is 5.56 Å². The first-order valence-electron chi connectivity index (χ1n) is 6.10. The number of aromatic nitrogens is 1. The van der Waals surface area contributed by atoms with Crippen molar-refractivity contribution in [1.82, 2.24) is 10.3 Å². The smallest absolute Gasteiger partial charge is 0.356 e. The van der Waals surface area contributed by atoms with E-state index in [1.165, 1.54) is 32.4 Å². The van der Waals surface area contributed by atoms with Crippen molar-refractivity contribution in [3.8, 4) is 0 Å². The van der Waals surface area contributed by atoms with Crippen LogP contribution in [0.1, 0.15) is 35.5 Å². The van der Waals surface area contributed by atoms with Crippen LogP contribution in [0.2, 0.25) is 0 Å². The average Bonchev–Trinajstić information content (AvgIpc) is 2.45. The zero-order chi connectivity index (χ0) is 15.1. The van der Waals surface area contributed by atoms with E-state index in [4.69, 9.17) is 0 Å². The van der Waals surface area contributed by atoms with Crippen LogP contribution < -0.4 is 5.32 Å². The van der Waals surface area contributed by atoms with Crippen LogP contribution >= 0.6 is 0 Å². The van der Waals surface area contributed by atoms with Crippen LogP contribution in [-0.2, 0) is 9.53 Å². The molecule has 7 heteroatoms. The van der Waals surface area contributed by atoms with E-state index in [9.17, 15) is 19.8 Å². The van der Waals surface area contributed by atoms with Crippen molar-refractivity contribution in [2.45, 2.75) is 25.6 Å². The van der Waals surface area contributed by atoms with Crippen LogP contribution in [0.4, 0.5) is 0 Å². The van der Waals surface area contributed by atoms with Gasteiger partial charge in [0, 0.05) is 19.7 Å². The quantitative estimate of drug-likeness (QED) is 0.623. The highest BCUT2D eigenvalue weighted by molar-refractivity contribution is 5.87. The van der Waals surface area contributed by atoms with Gasteiger partial charge >= 0.3 is 5.97 Å². The van der Waals surface area contributed by atoms with Gasteiger partial charge in [-0.2, -0.15) is 0 Å². The SMILES string of the molecule is COC(=O)c1cc(C(O)C(O)CCNC(C)=O)ccn1. The maximum atomic E-state index is 11.3. The van der Waals surface area contributed by atoms with Crippen LogP contribution in [0.15, 0.2) is 18.3 Å². The molecule has 110 valence electrons. The number of rotatable bonds is 6. The first-order chi connectivity index (χ1) is 9.45. The molecule has 0 saturated carbocycles. The monoisotopic (exact) mass is 282 g/mol. The Kier molecular flexibility index (Phi) is 6.08. The number of nitrogens with one attached hydrogen (secondary N) is 1. The number of nitrogens with zero attached hydrogens (tertiary/aromatic N) is 1. The number of pyridine rings is 1. The number of carbonyl (C=O) groups is 2. The molecule has 3 N–H and O–H groups in total. The Bertz CT molecular complexity index is 478. The van der Waals surface area contributed by atoms with Gasteiger partial charge in [0.25, 0.3) is 0 Å². The number of carbonyl (C=O) groups excluding carboxylic acids is 2.